The van der Waals surface area contributed by atoms with Gasteiger partial charge in [-0.15, -0.1) is 24.0 Å². The highest BCUT2D eigenvalue weighted by Crippen LogP contribution is 2.20. The summed E-state index contributed by atoms with van der Waals surface area (Å²) in [5, 5.41) is 6.86. The molecule has 0 aromatic heterocycles. The second kappa shape index (κ2) is 17.4. The van der Waals surface area contributed by atoms with Gasteiger partial charge >= 0.3 is 0 Å². The average Bonchev–Trinajstić information content (AvgIpc) is 2.80. The summed E-state index contributed by atoms with van der Waals surface area (Å²) in [7, 11) is 3.54. The van der Waals surface area contributed by atoms with E-state index in [4.69, 9.17) is 9.47 Å². The normalized spacial score (nSPS) is 15.3. The maximum atomic E-state index is 5.98. The Morgan fingerprint density at radius 1 is 1.03 bits per heavy atom. The number of guanidine groups is 1. The molecule has 8 heteroatoms. The maximum Gasteiger partial charge on any atom is 0.191 e. The van der Waals surface area contributed by atoms with Gasteiger partial charge in [-0.25, -0.2) is 0 Å². The van der Waals surface area contributed by atoms with Crippen molar-refractivity contribution in [3.05, 3.63) is 29.3 Å². The van der Waals surface area contributed by atoms with E-state index in [2.05, 4.69) is 57.5 Å². The lowest BCUT2D eigenvalue weighted by atomic mass is 10.1. The third-order valence-electron chi connectivity index (χ3n) is 5.75. The SMILES string of the molecule is CCN1CCN(CCCCNC(=NC)NCc2ccc(C)cc2OCCCOC)CC1.I. The van der Waals surface area contributed by atoms with Crippen molar-refractivity contribution in [2.24, 2.45) is 4.99 Å². The molecule has 0 bridgehead atoms. The number of rotatable bonds is 13. The summed E-state index contributed by atoms with van der Waals surface area (Å²) < 4.78 is 11.1. The highest BCUT2D eigenvalue weighted by molar-refractivity contribution is 14.0. The largest absolute Gasteiger partial charge is 0.493 e. The number of halogens is 1. The Labute approximate surface area is 212 Å². The van der Waals surface area contributed by atoms with Crippen LogP contribution in [-0.4, -0.2) is 88.9 Å². The average molecular weight is 562 g/mol. The van der Waals surface area contributed by atoms with Crippen LogP contribution in [-0.2, 0) is 11.3 Å². The van der Waals surface area contributed by atoms with Crippen molar-refractivity contribution in [3.8, 4) is 5.75 Å². The Hall–Kier alpha value is -1.10. The molecule has 1 fully saturated rings. The molecule has 0 aliphatic carbocycles. The van der Waals surface area contributed by atoms with Crippen molar-refractivity contribution in [1.82, 2.24) is 20.4 Å². The van der Waals surface area contributed by atoms with Gasteiger partial charge in [0.2, 0.25) is 0 Å². The molecule has 1 heterocycles. The van der Waals surface area contributed by atoms with Gasteiger partial charge in [0.25, 0.3) is 0 Å². The Bertz CT molecular complexity index is 651. The molecule has 1 aliphatic heterocycles. The van der Waals surface area contributed by atoms with Crippen molar-refractivity contribution in [1.29, 1.82) is 0 Å². The molecule has 2 rings (SSSR count). The van der Waals surface area contributed by atoms with Gasteiger partial charge in [0.1, 0.15) is 5.75 Å². The van der Waals surface area contributed by atoms with Crippen LogP contribution in [0, 0.1) is 6.92 Å². The predicted molar refractivity (Wildman–Crippen MR) is 145 cm³/mol. The first-order valence-corrected chi connectivity index (χ1v) is 11.8. The molecule has 2 N–H and O–H groups in total. The Balaban J connectivity index is 0.00000512. The molecular weight excluding hydrogens is 517 g/mol. The number of piperazine rings is 1. The number of likely N-dealkylation sites (N-methyl/N-ethyl adjacent to an activating group) is 1. The summed E-state index contributed by atoms with van der Waals surface area (Å²) >= 11 is 0. The van der Waals surface area contributed by atoms with Crippen molar-refractivity contribution in [2.75, 3.05) is 73.2 Å². The molecule has 0 saturated carbocycles. The van der Waals surface area contributed by atoms with Crippen LogP contribution in [0.3, 0.4) is 0 Å². The molecule has 1 aromatic rings. The van der Waals surface area contributed by atoms with E-state index in [0.29, 0.717) is 19.8 Å². The van der Waals surface area contributed by atoms with E-state index in [0.717, 1.165) is 36.7 Å². The number of ether oxygens (including phenoxy) is 2. The van der Waals surface area contributed by atoms with Crippen molar-refractivity contribution >= 4 is 29.9 Å². The zero-order valence-corrected chi connectivity index (χ0v) is 22.8. The van der Waals surface area contributed by atoms with Crippen molar-refractivity contribution in [3.63, 3.8) is 0 Å². The summed E-state index contributed by atoms with van der Waals surface area (Å²) in [4.78, 5) is 9.48. The van der Waals surface area contributed by atoms with Crippen LogP contribution < -0.4 is 15.4 Å². The van der Waals surface area contributed by atoms with Crippen LogP contribution in [0.25, 0.3) is 0 Å². The minimum Gasteiger partial charge on any atom is -0.493 e. The molecule has 184 valence electrons. The first kappa shape index (κ1) is 28.9. The van der Waals surface area contributed by atoms with E-state index < -0.39 is 0 Å². The number of hydrogen-bond acceptors (Lipinski definition) is 5. The van der Waals surface area contributed by atoms with Gasteiger partial charge in [-0.3, -0.25) is 4.99 Å². The number of nitrogens with one attached hydrogen (secondary N) is 2. The van der Waals surface area contributed by atoms with Crippen LogP contribution in [0.15, 0.2) is 23.2 Å². The second-order valence-electron chi connectivity index (χ2n) is 8.14. The molecule has 0 amide bonds. The van der Waals surface area contributed by atoms with E-state index in [9.17, 15) is 0 Å². The number of hydrogen-bond donors (Lipinski definition) is 2. The first-order chi connectivity index (χ1) is 15.2. The molecule has 1 saturated heterocycles. The fraction of sp³-hybridized carbons (Fsp3) is 0.708. The molecular formula is C24H44IN5O2. The number of methoxy groups -OCH3 is 1. The lowest BCUT2D eigenvalue weighted by Gasteiger charge is -2.34. The van der Waals surface area contributed by atoms with Gasteiger partial charge < -0.3 is 29.9 Å². The van der Waals surface area contributed by atoms with Crippen molar-refractivity contribution < 1.29 is 9.47 Å². The van der Waals surface area contributed by atoms with Crippen LogP contribution >= 0.6 is 24.0 Å². The number of benzene rings is 1. The van der Waals surface area contributed by atoms with Gasteiger partial charge in [-0.2, -0.15) is 0 Å². The second-order valence-corrected chi connectivity index (χ2v) is 8.14. The summed E-state index contributed by atoms with van der Waals surface area (Å²) in [6, 6.07) is 6.34. The minimum atomic E-state index is 0. The number of unbranched alkanes of at least 4 members (excludes halogenated alkanes) is 1. The highest BCUT2D eigenvalue weighted by atomic mass is 127. The highest BCUT2D eigenvalue weighted by Gasteiger charge is 2.14. The van der Waals surface area contributed by atoms with Crippen molar-refractivity contribution in [2.45, 2.75) is 39.7 Å². The third-order valence-corrected chi connectivity index (χ3v) is 5.75. The third kappa shape index (κ3) is 11.2. The summed E-state index contributed by atoms with van der Waals surface area (Å²) in [5.74, 6) is 1.77. The van der Waals surface area contributed by atoms with Crippen LogP contribution in [0.5, 0.6) is 5.75 Å². The van der Waals surface area contributed by atoms with Crippen LogP contribution in [0.2, 0.25) is 0 Å². The van der Waals surface area contributed by atoms with Crippen LogP contribution in [0.1, 0.15) is 37.3 Å². The lowest BCUT2D eigenvalue weighted by molar-refractivity contribution is 0.136. The predicted octanol–water partition coefficient (Wildman–Crippen LogP) is 3.11. The summed E-state index contributed by atoms with van der Waals surface area (Å²) in [6.45, 7) is 14.5. The molecule has 0 radical (unpaired) electrons. The van der Waals surface area contributed by atoms with Gasteiger partial charge in [0.05, 0.1) is 6.61 Å². The maximum absolute atomic E-state index is 5.98. The van der Waals surface area contributed by atoms with Gasteiger partial charge in [0.15, 0.2) is 5.96 Å². The molecule has 0 unspecified atom stereocenters. The Morgan fingerprint density at radius 2 is 1.78 bits per heavy atom. The van der Waals surface area contributed by atoms with E-state index in [1.54, 1.807) is 7.11 Å². The van der Waals surface area contributed by atoms with Gasteiger partial charge in [-0.05, 0) is 44.5 Å². The number of aryl methyl sites for hydroxylation is 1. The molecule has 1 aliphatic rings. The molecule has 32 heavy (non-hydrogen) atoms. The summed E-state index contributed by atoms with van der Waals surface area (Å²) in [6.07, 6.45) is 3.25. The fourth-order valence-corrected chi connectivity index (χ4v) is 3.72. The van der Waals surface area contributed by atoms with E-state index in [1.807, 2.05) is 7.05 Å². The molecule has 0 atom stereocenters. The molecule has 7 nitrogen and oxygen atoms in total. The fourth-order valence-electron chi connectivity index (χ4n) is 3.72. The standard InChI is InChI=1S/C24H43N5O2.HI/c1-5-28-13-15-29(16-14-28)12-7-6-11-26-24(25-3)27-20-22-10-9-21(2)19-23(22)31-18-8-17-30-4;/h9-10,19H,5-8,11-18,20H2,1-4H3,(H2,25,26,27);1H. The molecule has 0 spiro atoms. The van der Waals surface area contributed by atoms with Gasteiger partial charge in [0, 0.05) is 72.0 Å². The topological polar surface area (TPSA) is 61.4 Å². The Morgan fingerprint density at radius 3 is 2.47 bits per heavy atom. The lowest BCUT2D eigenvalue weighted by Crippen LogP contribution is -2.46. The zero-order valence-electron chi connectivity index (χ0n) is 20.5. The number of nitrogens with zero attached hydrogens (tertiary/aromatic N) is 3. The number of aliphatic imine (C=N–C) groups is 1. The smallest absolute Gasteiger partial charge is 0.191 e. The van der Waals surface area contributed by atoms with Crippen LogP contribution in [0.4, 0.5) is 0 Å². The van der Waals surface area contributed by atoms with E-state index >= 15 is 0 Å². The summed E-state index contributed by atoms with van der Waals surface area (Å²) in [5.41, 5.74) is 2.33. The minimum absolute atomic E-state index is 0. The quantitative estimate of drug-likeness (QED) is 0.167. The zero-order chi connectivity index (χ0) is 22.3. The first-order valence-electron chi connectivity index (χ1n) is 11.8. The Kier molecular flexibility index (Phi) is 15.7. The van der Waals surface area contributed by atoms with E-state index in [1.165, 1.54) is 51.3 Å². The van der Waals surface area contributed by atoms with E-state index in [-0.39, 0.29) is 24.0 Å². The molecule has 1 aromatic carbocycles. The van der Waals surface area contributed by atoms with Gasteiger partial charge in [-0.1, -0.05) is 19.1 Å². The monoisotopic (exact) mass is 561 g/mol.